The minimum atomic E-state index is 0.361. The molecule has 4 aliphatic rings. The van der Waals surface area contributed by atoms with Crippen LogP contribution in [0.5, 0.6) is 0 Å². The Bertz CT molecular complexity index is 349. The first-order valence-electron chi connectivity index (χ1n) is 9.33. The summed E-state index contributed by atoms with van der Waals surface area (Å²) in [6.07, 6.45) is 14.9. The van der Waals surface area contributed by atoms with E-state index in [-0.39, 0.29) is 0 Å². The predicted octanol–water partition coefficient (Wildman–Crippen LogP) is 4.27. The van der Waals surface area contributed by atoms with Gasteiger partial charge in [0, 0.05) is 12.1 Å². The van der Waals surface area contributed by atoms with Crippen LogP contribution in [0.4, 0.5) is 0 Å². The van der Waals surface area contributed by atoms with Crippen LogP contribution in [-0.2, 0) is 0 Å². The molecule has 4 atom stereocenters. The maximum absolute atomic E-state index is 8.80. The van der Waals surface area contributed by atoms with Gasteiger partial charge in [0.05, 0.1) is 0 Å². The molecule has 4 rings (SSSR count). The molecule has 0 aromatic rings. The molecule has 122 valence electrons. The van der Waals surface area contributed by atoms with Gasteiger partial charge in [0.2, 0.25) is 0 Å². The van der Waals surface area contributed by atoms with Crippen LogP contribution < -0.4 is 5.32 Å². The third kappa shape index (κ3) is 3.47. The summed E-state index contributed by atoms with van der Waals surface area (Å²) < 4.78 is 0. The van der Waals surface area contributed by atoms with Crippen molar-refractivity contribution in [2.75, 3.05) is 13.2 Å². The molecule has 2 heteroatoms. The summed E-state index contributed by atoms with van der Waals surface area (Å²) in [5.41, 5.74) is 1.73. The van der Waals surface area contributed by atoms with Crippen molar-refractivity contribution < 1.29 is 5.11 Å². The molecule has 0 spiro atoms. The largest absolute Gasteiger partial charge is 0.396 e. The highest BCUT2D eigenvalue weighted by Crippen LogP contribution is 2.66. The van der Waals surface area contributed by atoms with Gasteiger partial charge in [-0.1, -0.05) is 33.1 Å². The lowest BCUT2D eigenvalue weighted by Gasteiger charge is -2.65. The number of hydrogen-bond donors (Lipinski definition) is 2. The summed E-state index contributed by atoms with van der Waals surface area (Å²) in [7, 11) is 0. The molecule has 0 heterocycles. The SMILES string of the molecule is C[C@]12C[C@@H]3C[C@](C)(C1)C[C@](NCCCCCCCO)(C3)C2. The van der Waals surface area contributed by atoms with Gasteiger partial charge in [-0.25, -0.2) is 0 Å². The van der Waals surface area contributed by atoms with E-state index in [0.717, 1.165) is 12.3 Å². The van der Waals surface area contributed by atoms with E-state index in [4.69, 9.17) is 5.11 Å². The van der Waals surface area contributed by atoms with Crippen LogP contribution in [0.2, 0.25) is 0 Å². The number of unbranched alkanes of at least 4 members (excludes halogenated alkanes) is 4. The van der Waals surface area contributed by atoms with E-state index in [0.29, 0.717) is 23.0 Å². The van der Waals surface area contributed by atoms with Gasteiger partial charge in [0.25, 0.3) is 0 Å². The first-order valence-corrected chi connectivity index (χ1v) is 9.33. The summed E-state index contributed by atoms with van der Waals surface area (Å²) in [5.74, 6) is 0.994. The molecular formula is C19H35NO. The molecule has 0 radical (unpaired) electrons. The lowest BCUT2D eigenvalue weighted by Crippen LogP contribution is -2.64. The Morgan fingerprint density at radius 1 is 0.857 bits per heavy atom. The second-order valence-corrected chi connectivity index (χ2v) is 9.33. The Hall–Kier alpha value is -0.0800. The van der Waals surface area contributed by atoms with Crippen molar-refractivity contribution >= 4 is 0 Å². The average molecular weight is 293 g/mol. The molecular weight excluding hydrogens is 258 g/mol. The second kappa shape index (κ2) is 5.85. The third-order valence-corrected chi connectivity index (χ3v) is 6.46. The molecule has 0 aromatic carbocycles. The summed E-state index contributed by atoms with van der Waals surface area (Å²) in [6, 6.07) is 0. The fourth-order valence-corrected chi connectivity index (χ4v) is 6.77. The summed E-state index contributed by atoms with van der Waals surface area (Å²) >= 11 is 0. The highest BCUT2D eigenvalue weighted by Gasteiger charge is 2.59. The standard InChI is InChI=1S/C19H35NO/c1-17-10-16-11-18(2,13-17)15-19(12-16,14-17)20-8-6-4-3-5-7-9-21/h16,20-21H,3-15H2,1-2H3/t16-,17+,18-,19+. The van der Waals surface area contributed by atoms with E-state index in [1.165, 1.54) is 70.8 Å². The third-order valence-electron chi connectivity index (χ3n) is 6.46. The van der Waals surface area contributed by atoms with Crippen LogP contribution in [0.25, 0.3) is 0 Å². The first-order chi connectivity index (χ1) is 9.97. The second-order valence-electron chi connectivity index (χ2n) is 9.33. The zero-order valence-corrected chi connectivity index (χ0v) is 14.2. The number of hydrogen-bond acceptors (Lipinski definition) is 2. The minimum absolute atomic E-state index is 0.361. The Balaban J connectivity index is 1.47. The van der Waals surface area contributed by atoms with Gasteiger partial charge in [0.1, 0.15) is 0 Å². The molecule has 4 bridgehead atoms. The van der Waals surface area contributed by atoms with Gasteiger partial charge in [-0.15, -0.1) is 0 Å². The first kappa shape index (κ1) is 15.8. The van der Waals surface area contributed by atoms with Gasteiger partial charge in [-0.05, 0) is 74.7 Å². The fourth-order valence-electron chi connectivity index (χ4n) is 6.77. The maximum Gasteiger partial charge on any atom is 0.0431 e. The Labute approximate surface area is 131 Å². The molecule has 21 heavy (non-hydrogen) atoms. The van der Waals surface area contributed by atoms with Crippen molar-refractivity contribution in [3.8, 4) is 0 Å². The van der Waals surface area contributed by atoms with E-state index >= 15 is 0 Å². The zero-order valence-electron chi connectivity index (χ0n) is 14.2. The minimum Gasteiger partial charge on any atom is -0.396 e. The number of aliphatic hydroxyl groups is 1. The lowest BCUT2D eigenvalue weighted by molar-refractivity contribution is -0.117. The molecule has 4 fully saturated rings. The van der Waals surface area contributed by atoms with Crippen LogP contribution in [-0.4, -0.2) is 23.8 Å². The highest BCUT2D eigenvalue weighted by molar-refractivity contribution is 5.14. The molecule has 0 amide bonds. The molecule has 4 saturated carbocycles. The zero-order chi connectivity index (χ0) is 15.0. The van der Waals surface area contributed by atoms with E-state index in [9.17, 15) is 0 Å². The van der Waals surface area contributed by atoms with Crippen molar-refractivity contribution in [2.24, 2.45) is 16.7 Å². The molecule has 0 aromatic heterocycles. The smallest absolute Gasteiger partial charge is 0.0431 e. The Morgan fingerprint density at radius 2 is 1.48 bits per heavy atom. The normalized spacial score (nSPS) is 44.4. The van der Waals surface area contributed by atoms with E-state index < -0.39 is 0 Å². The van der Waals surface area contributed by atoms with Crippen LogP contribution in [0.1, 0.15) is 84.5 Å². The quantitative estimate of drug-likeness (QED) is 0.655. The molecule has 0 saturated heterocycles. The Morgan fingerprint density at radius 3 is 2.10 bits per heavy atom. The molecule has 0 unspecified atom stereocenters. The van der Waals surface area contributed by atoms with Crippen LogP contribution in [0.3, 0.4) is 0 Å². The summed E-state index contributed by atoms with van der Waals surface area (Å²) in [5, 5.41) is 12.8. The van der Waals surface area contributed by atoms with Gasteiger partial charge in [-0.3, -0.25) is 0 Å². The number of nitrogens with one attached hydrogen (secondary N) is 1. The Kier molecular flexibility index (Phi) is 4.40. The molecule has 2 N–H and O–H groups in total. The van der Waals surface area contributed by atoms with E-state index in [1.807, 2.05) is 0 Å². The molecule has 0 aliphatic heterocycles. The fraction of sp³-hybridized carbons (Fsp3) is 1.00. The topological polar surface area (TPSA) is 32.3 Å². The van der Waals surface area contributed by atoms with E-state index in [2.05, 4.69) is 19.2 Å². The van der Waals surface area contributed by atoms with Gasteiger partial charge >= 0.3 is 0 Å². The van der Waals surface area contributed by atoms with Crippen LogP contribution in [0, 0.1) is 16.7 Å². The highest BCUT2D eigenvalue weighted by atomic mass is 16.2. The molecule has 4 aliphatic carbocycles. The van der Waals surface area contributed by atoms with Crippen molar-refractivity contribution in [3.05, 3.63) is 0 Å². The van der Waals surface area contributed by atoms with Crippen molar-refractivity contribution in [3.63, 3.8) is 0 Å². The summed E-state index contributed by atoms with van der Waals surface area (Å²) in [6.45, 7) is 6.68. The monoisotopic (exact) mass is 293 g/mol. The van der Waals surface area contributed by atoms with Gasteiger partial charge in [0.15, 0.2) is 0 Å². The van der Waals surface area contributed by atoms with Crippen LogP contribution >= 0.6 is 0 Å². The van der Waals surface area contributed by atoms with Crippen molar-refractivity contribution in [1.29, 1.82) is 0 Å². The maximum atomic E-state index is 8.80. The average Bonchev–Trinajstić information content (AvgIpc) is 2.33. The van der Waals surface area contributed by atoms with Crippen molar-refractivity contribution in [1.82, 2.24) is 5.32 Å². The van der Waals surface area contributed by atoms with Crippen molar-refractivity contribution in [2.45, 2.75) is 90.0 Å². The lowest BCUT2D eigenvalue weighted by atomic mass is 9.43. The summed E-state index contributed by atoms with van der Waals surface area (Å²) in [4.78, 5) is 0. The van der Waals surface area contributed by atoms with Gasteiger partial charge in [-0.2, -0.15) is 0 Å². The van der Waals surface area contributed by atoms with Gasteiger partial charge < -0.3 is 10.4 Å². The number of aliphatic hydroxyl groups excluding tert-OH is 1. The predicted molar refractivity (Wildman–Crippen MR) is 88.3 cm³/mol. The molecule has 2 nitrogen and oxygen atoms in total. The number of rotatable bonds is 8. The van der Waals surface area contributed by atoms with E-state index in [1.54, 1.807) is 0 Å². The van der Waals surface area contributed by atoms with Crippen LogP contribution in [0.15, 0.2) is 0 Å².